The summed E-state index contributed by atoms with van der Waals surface area (Å²) in [5.74, 6) is -0.883. The molecule has 0 aliphatic carbocycles. The highest BCUT2D eigenvalue weighted by molar-refractivity contribution is 6.00. The van der Waals surface area contributed by atoms with Crippen molar-refractivity contribution in [3.63, 3.8) is 0 Å². The molecule has 110 valence electrons. The molecule has 1 aliphatic rings. The molecule has 4 nitrogen and oxygen atoms in total. The molecule has 0 amide bonds. The van der Waals surface area contributed by atoms with Crippen LogP contribution in [-0.2, 0) is 0 Å². The first-order valence-electron chi connectivity index (χ1n) is 7.06. The summed E-state index contributed by atoms with van der Waals surface area (Å²) in [7, 11) is 0. The van der Waals surface area contributed by atoms with Gasteiger partial charge in [-0.1, -0.05) is 6.92 Å². The van der Waals surface area contributed by atoms with Gasteiger partial charge >= 0.3 is 0 Å². The van der Waals surface area contributed by atoms with E-state index in [1.165, 1.54) is 6.07 Å². The van der Waals surface area contributed by atoms with Gasteiger partial charge in [0.1, 0.15) is 11.6 Å². The molecule has 1 saturated heterocycles. The van der Waals surface area contributed by atoms with Crippen LogP contribution in [0, 0.1) is 5.82 Å². The van der Waals surface area contributed by atoms with Gasteiger partial charge < -0.3 is 10.0 Å². The highest BCUT2D eigenvalue weighted by Crippen LogP contribution is 2.19. The van der Waals surface area contributed by atoms with Crippen molar-refractivity contribution >= 4 is 5.78 Å². The molecule has 1 heterocycles. The van der Waals surface area contributed by atoms with Crippen molar-refractivity contribution in [3.8, 4) is 5.75 Å². The molecule has 1 aromatic carbocycles. The number of hydrogen-bond acceptors (Lipinski definition) is 4. The second-order valence-corrected chi connectivity index (χ2v) is 5.20. The number of nitrogens with zero attached hydrogens (tertiary/aromatic N) is 2. The Hall–Kier alpha value is -1.46. The van der Waals surface area contributed by atoms with E-state index in [-0.39, 0.29) is 23.6 Å². The predicted molar refractivity (Wildman–Crippen MR) is 75.6 cm³/mol. The van der Waals surface area contributed by atoms with Gasteiger partial charge in [0.25, 0.3) is 0 Å². The number of Topliss-reactive ketones (excluding diaryl/α,β-unsaturated/α-hetero) is 1. The average molecular weight is 280 g/mol. The number of phenolic OH excluding ortho intramolecular Hbond substituents is 1. The number of aromatic hydroxyl groups is 1. The number of carbonyl (C=O) groups is 1. The van der Waals surface area contributed by atoms with Gasteiger partial charge in [-0.05, 0) is 31.2 Å². The van der Waals surface area contributed by atoms with Gasteiger partial charge in [0.2, 0.25) is 0 Å². The third kappa shape index (κ3) is 3.77. The van der Waals surface area contributed by atoms with E-state index in [0.29, 0.717) is 0 Å². The fourth-order valence-electron chi connectivity index (χ4n) is 2.51. The van der Waals surface area contributed by atoms with Crippen molar-refractivity contribution in [2.75, 3.05) is 39.3 Å². The second-order valence-electron chi connectivity index (χ2n) is 5.20. The van der Waals surface area contributed by atoms with Crippen LogP contribution in [0.1, 0.15) is 23.7 Å². The van der Waals surface area contributed by atoms with Gasteiger partial charge in [-0.2, -0.15) is 0 Å². The standard InChI is InChI=1S/C15H21FN2O2/c1-2-5-17-6-8-18(9-7-17)11-15(20)13-10-12(16)3-4-14(13)19/h3-4,10,19H,2,5-9,11H2,1H3. The van der Waals surface area contributed by atoms with Crippen LogP contribution < -0.4 is 0 Å². The molecule has 5 heteroatoms. The highest BCUT2D eigenvalue weighted by atomic mass is 19.1. The monoisotopic (exact) mass is 280 g/mol. The maximum absolute atomic E-state index is 13.1. The summed E-state index contributed by atoms with van der Waals surface area (Å²) < 4.78 is 13.1. The molecule has 1 aliphatic heterocycles. The van der Waals surface area contributed by atoms with Crippen molar-refractivity contribution in [1.82, 2.24) is 9.80 Å². The Morgan fingerprint density at radius 1 is 1.25 bits per heavy atom. The SMILES string of the molecule is CCCN1CCN(CC(=O)c2cc(F)ccc2O)CC1. The molecule has 20 heavy (non-hydrogen) atoms. The summed E-state index contributed by atoms with van der Waals surface area (Å²) in [6.07, 6.45) is 1.14. The molecule has 1 fully saturated rings. The Morgan fingerprint density at radius 3 is 2.55 bits per heavy atom. The molecule has 2 rings (SSSR count). The van der Waals surface area contributed by atoms with Crippen LogP contribution >= 0.6 is 0 Å². The fraction of sp³-hybridized carbons (Fsp3) is 0.533. The highest BCUT2D eigenvalue weighted by Gasteiger charge is 2.20. The predicted octanol–water partition coefficient (Wildman–Crippen LogP) is 1.74. The van der Waals surface area contributed by atoms with Gasteiger partial charge in [0.05, 0.1) is 12.1 Å². The average Bonchev–Trinajstić information content (AvgIpc) is 2.44. The van der Waals surface area contributed by atoms with Crippen molar-refractivity contribution in [3.05, 3.63) is 29.6 Å². The van der Waals surface area contributed by atoms with Gasteiger partial charge in [0.15, 0.2) is 5.78 Å². The Morgan fingerprint density at radius 2 is 1.90 bits per heavy atom. The number of piperazine rings is 1. The number of rotatable bonds is 5. The minimum absolute atomic E-state index is 0.0704. The molecule has 0 radical (unpaired) electrons. The lowest BCUT2D eigenvalue weighted by molar-refractivity contribution is 0.0850. The summed E-state index contributed by atoms with van der Waals surface area (Å²) in [6, 6.07) is 3.47. The Labute approximate surface area is 118 Å². The quantitative estimate of drug-likeness (QED) is 0.834. The lowest BCUT2D eigenvalue weighted by Crippen LogP contribution is -2.47. The molecule has 0 atom stereocenters. The number of hydrogen-bond donors (Lipinski definition) is 1. The van der Waals surface area contributed by atoms with Crippen molar-refractivity contribution in [2.45, 2.75) is 13.3 Å². The zero-order chi connectivity index (χ0) is 14.5. The Balaban J connectivity index is 1.91. The number of carbonyl (C=O) groups excluding carboxylic acids is 1. The molecule has 0 unspecified atom stereocenters. The van der Waals surface area contributed by atoms with Crippen molar-refractivity contribution in [2.24, 2.45) is 0 Å². The van der Waals surface area contributed by atoms with E-state index in [4.69, 9.17) is 0 Å². The van der Waals surface area contributed by atoms with Gasteiger partial charge in [-0.25, -0.2) is 4.39 Å². The molecule has 1 aromatic rings. The number of ketones is 1. The van der Waals surface area contributed by atoms with E-state index in [2.05, 4.69) is 16.7 Å². The summed E-state index contributed by atoms with van der Waals surface area (Å²) >= 11 is 0. The Kier molecular flexibility index (Phi) is 5.09. The summed E-state index contributed by atoms with van der Waals surface area (Å²) in [6.45, 7) is 7.06. The van der Waals surface area contributed by atoms with Crippen molar-refractivity contribution < 1.29 is 14.3 Å². The maximum Gasteiger partial charge on any atom is 0.180 e. The van der Waals surface area contributed by atoms with E-state index < -0.39 is 5.82 Å². The normalized spacial score (nSPS) is 17.3. The molecule has 0 spiro atoms. The fourth-order valence-corrected chi connectivity index (χ4v) is 2.51. The zero-order valence-corrected chi connectivity index (χ0v) is 11.8. The summed E-state index contributed by atoms with van der Waals surface area (Å²) in [5, 5.41) is 9.63. The number of phenols is 1. The second kappa shape index (κ2) is 6.81. The summed E-state index contributed by atoms with van der Waals surface area (Å²) in [5.41, 5.74) is 0.0704. The largest absolute Gasteiger partial charge is 0.507 e. The molecule has 1 N–H and O–H groups in total. The van der Waals surface area contributed by atoms with Crippen LogP contribution in [-0.4, -0.2) is 60.0 Å². The van der Waals surface area contributed by atoms with E-state index >= 15 is 0 Å². The third-order valence-electron chi connectivity index (χ3n) is 3.63. The van der Waals surface area contributed by atoms with E-state index in [1.54, 1.807) is 0 Å². The van der Waals surface area contributed by atoms with Crippen LogP contribution in [0.25, 0.3) is 0 Å². The minimum atomic E-state index is -0.501. The maximum atomic E-state index is 13.1. The van der Waals surface area contributed by atoms with Crippen molar-refractivity contribution in [1.29, 1.82) is 0 Å². The van der Waals surface area contributed by atoms with Crippen LogP contribution in [0.4, 0.5) is 4.39 Å². The molecule has 0 bridgehead atoms. The van der Waals surface area contributed by atoms with Gasteiger partial charge in [-0.15, -0.1) is 0 Å². The molecular formula is C15H21FN2O2. The van der Waals surface area contributed by atoms with Crippen LogP contribution in [0.15, 0.2) is 18.2 Å². The van der Waals surface area contributed by atoms with E-state index in [9.17, 15) is 14.3 Å². The number of benzene rings is 1. The molecule has 0 aromatic heterocycles. The first-order valence-corrected chi connectivity index (χ1v) is 7.06. The van der Waals surface area contributed by atoms with E-state index in [1.807, 2.05) is 0 Å². The van der Waals surface area contributed by atoms with Gasteiger partial charge in [-0.3, -0.25) is 9.69 Å². The topological polar surface area (TPSA) is 43.8 Å². The molecular weight excluding hydrogens is 259 g/mol. The smallest absolute Gasteiger partial charge is 0.180 e. The molecule has 0 saturated carbocycles. The van der Waals surface area contributed by atoms with Crippen LogP contribution in [0.3, 0.4) is 0 Å². The Bertz CT molecular complexity index is 471. The van der Waals surface area contributed by atoms with Crippen LogP contribution in [0.5, 0.6) is 5.75 Å². The number of halogens is 1. The summed E-state index contributed by atoms with van der Waals surface area (Å²) in [4.78, 5) is 16.5. The lowest BCUT2D eigenvalue weighted by Gasteiger charge is -2.34. The first kappa shape index (κ1) is 14.9. The lowest BCUT2D eigenvalue weighted by atomic mass is 10.1. The van der Waals surface area contributed by atoms with E-state index in [0.717, 1.165) is 51.3 Å². The minimum Gasteiger partial charge on any atom is -0.507 e. The zero-order valence-electron chi connectivity index (χ0n) is 11.8. The third-order valence-corrected chi connectivity index (χ3v) is 3.63. The first-order chi connectivity index (χ1) is 9.60. The van der Waals surface area contributed by atoms with Gasteiger partial charge in [0, 0.05) is 26.2 Å². The van der Waals surface area contributed by atoms with Crippen LogP contribution in [0.2, 0.25) is 0 Å².